The minimum absolute atomic E-state index is 0.0174. The van der Waals surface area contributed by atoms with Gasteiger partial charge in [0.25, 0.3) is 0 Å². The highest BCUT2D eigenvalue weighted by Crippen LogP contribution is 2.44. The van der Waals surface area contributed by atoms with E-state index in [0.29, 0.717) is 10.5 Å². The van der Waals surface area contributed by atoms with Gasteiger partial charge in [0.2, 0.25) is 11.7 Å². The van der Waals surface area contributed by atoms with Gasteiger partial charge >= 0.3 is 0 Å². The van der Waals surface area contributed by atoms with Crippen LogP contribution < -0.4 is 11.1 Å². The molecule has 140 valence electrons. The number of nitrogens with one attached hydrogen (secondary N) is 2. The van der Waals surface area contributed by atoms with Crippen LogP contribution in [0.1, 0.15) is 45.9 Å². The van der Waals surface area contributed by atoms with Crippen LogP contribution in [0.2, 0.25) is 0 Å². The summed E-state index contributed by atoms with van der Waals surface area (Å²) in [5, 5.41) is 10.1. The molecular formula is C18H15BrClFN4O2. The lowest BCUT2D eigenvalue weighted by molar-refractivity contribution is -0.113. The first-order valence-electron chi connectivity index (χ1n) is 8.06. The number of nitrogens with zero attached hydrogens (tertiary/aromatic N) is 1. The molecule has 27 heavy (non-hydrogen) atoms. The third-order valence-corrected chi connectivity index (χ3v) is 5.13. The van der Waals surface area contributed by atoms with E-state index in [0.717, 1.165) is 30.7 Å². The van der Waals surface area contributed by atoms with Gasteiger partial charge in [-0.2, -0.15) is 0 Å². The van der Waals surface area contributed by atoms with Crippen molar-refractivity contribution in [2.45, 2.75) is 18.8 Å². The van der Waals surface area contributed by atoms with E-state index in [2.05, 4.69) is 26.2 Å². The van der Waals surface area contributed by atoms with Crippen molar-refractivity contribution in [3.8, 4) is 0 Å². The first-order chi connectivity index (χ1) is 12.9. The van der Waals surface area contributed by atoms with Gasteiger partial charge in [-0.15, -0.1) is 11.6 Å². The zero-order valence-electron chi connectivity index (χ0n) is 14.0. The number of benzene rings is 1. The van der Waals surface area contributed by atoms with Crippen molar-refractivity contribution in [2.24, 2.45) is 0 Å². The number of amides is 1. The Morgan fingerprint density at radius 3 is 2.74 bits per heavy atom. The number of halogens is 3. The second kappa shape index (κ2) is 7.74. The van der Waals surface area contributed by atoms with Crippen molar-refractivity contribution in [1.82, 2.24) is 4.98 Å². The SMILES string of the molecule is N=Cc1c(C(=O)c2nc(Br)c(C3CC3)cc2NC(=O)CCl)ccc(F)c1N. The number of nitrogens with two attached hydrogens (primary N) is 1. The number of hydrogen-bond donors (Lipinski definition) is 3. The van der Waals surface area contributed by atoms with Gasteiger partial charge in [0.1, 0.15) is 22.0 Å². The van der Waals surface area contributed by atoms with Crippen molar-refractivity contribution in [2.75, 3.05) is 16.9 Å². The minimum atomic E-state index is -0.723. The van der Waals surface area contributed by atoms with Crippen LogP contribution >= 0.6 is 27.5 Å². The van der Waals surface area contributed by atoms with E-state index < -0.39 is 17.5 Å². The summed E-state index contributed by atoms with van der Waals surface area (Å²) in [4.78, 5) is 29.2. The van der Waals surface area contributed by atoms with E-state index in [1.165, 1.54) is 6.07 Å². The standard InChI is InChI=1S/C18H15BrClFN4O2/c19-18-10(8-1-2-8)5-13(24-14(26)6-20)16(25-18)17(27)9-3-4-12(21)15(23)11(9)7-22/h3-5,7-8,22H,1-2,6,23H2,(H,24,26). The Hall–Kier alpha value is -2.32. The van der Waals surface area contributed by atoms with Crippen LogP contribution in [-0.4, -0.2) is 28.8 Å². The first kappa shape index (κ1) is 19.4. The quantitative estimate of drug-likeness (QED) is 0.203. The molecule has 1 aromatic heterocycles. The topological polar surface area (TPSA) is 109 Å². The number of nitrogen functional groups attached to an aromatic ring is 1. The van der Waals surface area contributed by atoms with E-state index in [-0.39, 0.29) is 34.1 Å². The molecule has 0 radical (unpaired) electrons. The third kappa shape index (κ3) is 3.86. The van der Waals surface area contributed by atoms with Crippen molar-refractivity contribution in [3.05, 3.63) is 51.0 Å². The fourth-order valence-corrected chi connectivity index (χ4v) is 3.41. The first-order valence-corrected chi connectivity index (χ1v) is 9.39. The Balaban J connectivity index is 2.13. The summed E-state index contributed by atoms with van der Waals surface area (Å²) in [5.74, 6) is -1.76. The molecule has 0 unspecified atom stereocenters. The average Bonchev–Trinajstić information content (AvgIpc) is 3.49. The third-order valence-electron chi connectivity index (χ3n) is 4.25. The minimum Gasteiger partial charge on any atom is -0.396 e. The number of anilines is 2. The molecule has 0 aliphatic heterocycles. The Morgan fingerprint density at radius 1 is 1.44 bits per heavy atom. The van der Waals surface area contributed by atoms with Gasteiger partial charge in [0, 0.05) is 17.3 Å². The van der Waals surface area contributed by atoms with E-state index in [9.17, 15) is 14.0 Å². The molecule has 0 saturated heterocycles. The predicted octanol–water partition coefficient (Wildman–Crippen LogP) is 3.85. The normalized spacial score (nSPS) is 13.3. The molecular weight excluding hydrogens is 439 g/mol. The molecule has 0 spiro atoms. The van der Waals surface area contributed by atoms with Crippen LogP contribution in [0.15, 0.2) is 22.8 Å². The van der Waals surface area contributed by atoms with E-state index in [1.54, 1.807) is 6.07 Å². The molecule has 1 saturated carbocycles. The lowest BCUT2D eigenvalue weighted by Crippen LogP contribution is -2.19. The summed E-state index contributed by atoms with van der Waals surface area (Å²) in [6.07, 6.45) is 2.82. The van der Waals surface area contributed by atoms with Crippen LogP contribution in [0.3, 0.4) is 0 Å². The monoisotopic (exact) mass is 452 g/mol. The fraction of sp³-hybridized carbons (Fsp3) is 0.222. The van der Waals surface area contributed by atoms with Gasteiger partial charge in [0.05, 0.1) is 11.4 Å². The van der Waals surface area contributed by atoms with Crippen molar-refractivity contribution in [3.63, 3.8) is 0 Å². The predicted molar refractivity (Wildman–Crippen MR) is 105 cm³/mol. The van der Waals surface area contributed by atoms with E-state index >= 15 is 0 Å². The Bertz CT molecular complexity index is 963. The molecule has 1 aliphatic rings. The average molecular weight is 454 g/mol. The number of rotatable bonds is 6. The van der Waals surface area contributed by atoms with E-state index in [4.69, 9.17) is 22.7 Å². The molecule has 3 rings (SSSR count). The van der Waals surface area contributed by atoms with Crippen molar-refractivity contribution in [1.29, 1.82) is 5.41 Å². The van der Waals surface area contributed by atoms with Gasteiger partial charge in [0.15, 0.2) is 0 Å². The highest BCUT2D eigenvalue weighted by atomic mass is 79.9. The summed E-state index contributed by atoms with van der Waals surface area (Å²) < 4.78 is 14.2. The molecule has 0 bridgehead atoms. The lowest BCUT2D eigenvalue weighted by atomic mass is 9.98. The zero-order chi connectivity index (χ0) is 19.7. The highest BCUT2D eigenvalue weighted by molar-refractivity contribution is 9.10. The molecule has 6 nitrogen and oxygen atoms in total. The number of ketones is 1. The molecule has 1 heterocycles. The van der Waals surface area contributed by atoms with Gasteiger partial charge in [-0.3, -0.25) is 9.59 Å². The van der Waals surface area contributed by atoms with Crippen LogP contribution in [-0.2, 0) is 4.79 Å². The molecule has 1 amide bonds. The summed E-state index contributed by atoms with van der Waals surface area (Å²) >= 11 is 8.94. The molecule has 0 atom stereocenters. The highest BCUT2D eigenvalue weighted by Gasteiger charge is 2.30. The Labute approximate surface area is 167 Å². The van der Waals surface area contributed by atoms with Crippen LogP contribution in [0.4, 0.5) is 15.8 Å². The fourth-order valence-electron chi connectivity index (χ4n) is 2.73. The number of carbonyl (C=O) groups is 2. The van der Waals surface area contributed by atoms with Crippen molar-refractivity contribution >= 4 is 56.8 Å². The molecule has 1 fully saturated rings. The number of hydrogen-bond acceptors (Lipinski definition) is 5. The van der Waals surface area contributed by atoms with Crippen LogP contribution in [0, 0.1) is 11.2 Å². The van der Waals surface area contributed by atoms with Gasteiger partial charge in [-0.1, -0.05) is 0 Å². The smallest absolute Gasteiger partial charge is 0.239 e. The molecule has 1 aromatic carbocycles. The molecule has 2 aromatic rings. The number of aromatic nitrogens is 1. The van der Waals surface area contributed by atoms with Crippen LogP contribution in [0.5, 0.6) is 0 Å². The molecule has 4 N–H and O–H groups in total. The number of pyridine rings is 1. The second-order valence-electron chi connectivity index (χ2n) is 6.12. The van der Waals surface area contributed by atoms with Gasteiger partial charge < -0.3 is 16.5 Å². The molecule has 1 aliphatic carbocycles. The summed E-state index contributed by atoms with van der Waals surface area (Å²) in [5.41, 5.74) is 6.40. The Kier molecular flexibility index (Phi) is 5.57. The number of alkyl halides is 1. The zero-order valence-corrected chi connectivity index (χ0v) is 16.3. The summed E-state index contributed by atoms with van der Waals surface area (Å²) in [7, 11) is 0. The van der Waals surface area contributed by atoms with Crippen molar-refractivity contribution < 1.29 is 14.0 Å². The van der Waals surface area contributed by atoms with E-state index in [1.807, 2.05) is 0 Å². The summed E-state index contributed by atoms with van der Waals surface area (Å²) in [6.45, 7) is 0. The van der Waals surface area contributed by atoms with Gasteiger partial charge in [-0.25, -0.2) is 9.37 Å². The maximum atomic E-state index is 13.7. The second-order valence-corrected chi connectivity index (χ2v) is 7.13. The number of carbonyl (C=O) groups excluding carboxylic acids is 2. The van der Waals surface area contributed by atoms with Gasteiger partial charge in [-0.05, 0) is 58.5 Å². The molecule has 9 heteroatoms. The summed E-state index contributed by atoms with van der Waals surface area (Å²) in [6, 6.07) is 4.00. The maximum absolute atomic E-state index is 13.7. The largest absolute Gasteiger partial charge is 0.396 e. The lowest BCUT2D eigenvalue weighted by Gasteiger charge is -2.14. The van der Waals surface area contributed by atoms with Crippen LogP contribution in [0.25, 0.3) is 0 Å². The Morgan fingerprint density at radius 2 is 2.15 bits per heavy atom. The maximum Gasteiger partial charge on any atom is 0.239 e.